The highest BCUT2D eigenvalue weighted by molar-refractivity contribution is 7.89. The van der Waals surface area contributed by atoms with Gasteiger partial charge in [0, 0.05) is 6.54 Å². The predicted octanol–water partition coefficient (Wildman–Crippen LogP) is 1.65. The fourth-order valence-corrected chi connectivity index (χ4v) is 4.75. The van der Waals surface area contributed by atoms with Gasteiger partial charge in [-0.25, -0.2) is 13.1 Å². The van der Waals surface area contributed by atoms with E-state index < -0.39 is 10.0 Å². The van der Waals surface area contributed by atoms with Crippen molar-refractivity contribution in [2.24, 2.45) is 11.8 Å². The zero-order valence-corrected chi connectivity index (χ0v) is 11.8. The molecule has 0 amide bonds. The normalized spacial score (nSPS) is 30.7. The molecule has 2 saturated carbocycles. The molecule has 2 unspecified atom stereocenters. The maximum absolute atomic E-state index is 12.0. The number of hydrogen-bond donors (Lipinski definition) is 2. The monoisotopic (exact) mass is 275 g/mol. The first kappa shape index (κ1) is 14.3. The number of sulfonamides is 1. The Balaban J connectivity index is 1.76. The van der Waals surface area contributed by atoms with Crippen LogP contribution in [0, 0.1) is 11.8 Å². The van der Waals surface area contributed by atoms with Gasteiger partial charge in [0.2, 0.25) is 10.0 Å². The second-order valence-electron chi connectivity index (χ2n) is 5.89. The van der Waals surface area contributed by atoms with Crippen molar-refractivity contribution in [3.8, 4) is 0 Å². The predicted molar refractivity (Wildman–Crippen MR) is 71.7 cm³/mol. The van der Waals surface area contributed by atoms with E-state index in [0.29, 0.717) is 12.5 Å². The van der Waals surface area contributed by atoms with Gasteiger partial charge in [-0.05, 0) is 37.5 Å². The molecule has 2 N–H and O–H groups in total. The van der Waals surface area contributed by atoms with E-state index in [0.717, 1.165) is 32.1 Å². The summed E-state index contributed by atoms with van der Waals surface area (Å²) in [4.78, 5) is 0. The van der Waals surface area contributed by atoms with Gasteiger partial charge in [0.05, 0.1) is 11.9 Å². The van der Waals surface area contributed by atoms with Crippen LogP contribution < -0.4 is 4.72 Å². The maximum Gasteiger partial charge on any atom is 0.211 e. The van der Waals surface area contributed by atoms with Crippen molar-refractivity contribution in [3.05, 3.63) is 0 Å². The molecular formula is C13H25NO3S. The van der Waals surface area contributed by atoms with Crippen LogP contribution in [-0.2, 0) is 10.0 Å². The molecule has 0 saturated heterocycles. The number of hydrogen-bond acceptors (Lipinski definition) is 3. The summed E-state index contributed by atoms with van der Waals surface area (Å²) in [6, 6.07) is 0. The van der Waals surface area contributed by atoms with Crippen molar-refractivity contribution < 1.29 is 13.5 Å². The van der Waals surface area contributed by atoms with Gasteiger partial charge in [-0.3, -0.25) is 0 Å². The lowest BCUT2D eigenvalue weighted by atomic mass is 9.91. The molecule has 0 aromatic carbocycles. The number of rotatable bonds is 5. The van der Waals surface area contributed by atoms with Crippen LogP contribution in [0.4, 0.5) is 0 Å². The van der Waals surface area contributed by atoms with Crippen LogP contribution in [0.25, 0.3) is 0 Å². The molecule has 2 rings (SSSR count). The molecule has 0 bridgehead atoms. The summed E-state index contributed by atoms with van der Waals surface area (Å²) < 4.78 is 26.6. The molecule has 2 aliphatic rings. The van der Waals surface area contributed by atoms with Crippen LogP contribution in [0.5, 0.6) is 0 Å². The minimum Gasteiger partial charge on any atom is -0.393 e. The molecule has 18 heavy (non-hydrogen) atoms. The molecule has 0 aromatic heterocycles. The lowest BCUT2D eigenvalue weighted by Crippen LogP contribution is -2.36. The van der Waals surface area contributed by atoms with Crippen LogP contribution in [0.2, 0.25) is 0 Å². The largest absolute Gasteiger partial charge is 0.393 e. The molecule has 0 radical (unpaired) electrons. The second-order valence-corrected chi connectivity index (χ2v) is 7.74. The molecule has 0 aliphatic heterocycles. The maximum atomic E-state index is 12.0. The van der Waals surface area contributed by atoms with E-state index in [4.69, 9.17) is 0 Å². The van der Waals surface area contributed by atoms with Crippen LogP contribution in [0.1, 0.15) is 51.4 Å². The van der Waals surface area contributed by atoms with E-state index in [1.165, 1.54) is 19.3 Å². The Bertz CT molecular complexity index is 349. The smallest absolute Gasteiger partial charge is 0.211 e. The molecular weight excluding hydrogens is 250 g/mol. The zero-order valence-electron chi connectivity index (χ0n) is 11.0. The molecule has 5 heteroatoms. The SMILES string of the molecule is O=S(=O)(CC1CCCCC1)NCC1CCCC1O. The molecule has 106 valence electrons. The van der Waals surface area contributed by atoms with Crippen LogP contribution in [-0.4, -0.2) is 31.9 Å². The van der Waals surface area contributed by atoms with Gasteiger partial charge >= 0.3 is 0 Å². The third-order valence-electron chi connectivity index (χ3n) is 4.36. The highest BCUT2D eigenvalue weighted by Crippen LogP contribution is 2.26. The van der Waals surface area contributed by atoms with Crippen LogP contribution in [0.15, 0.2) is 0 Å². The Labute approximate surface area is 110 Å². The van der Waals surface area contributed by atoms with E-state index in [1.54, 1.807) is 0 Å². The third-order valence-corrected chi connectivity index (χ3v) is 5.88. The quantitative estimate of drug-likeness (QED) is 0.801. The van der Waals surface area contributed by atoms with E-state index in [-0.39, 0.29) is 17.8 Å². The lowest BCUT2D eigenvalue weighted by molar-refractivity contribution is 0.134. The molecule has 4 nitrogen and oxygen atoms in total. The Morgan fingerprint density at radius 3 is 2.33 bits per heavy atom. The second kappa shape index (κ2) is 6.35. The van der Waals surface area contributed by atoms with Gasteiger partial charge in [0.1, 0.15) is 0 Å². The summed E-state index contributed by atoms with van der Waals surface area (Å²) in [6.45, 7) is 0.413. The lowest BCUT2D eigenvalue weighted by Gasteiger charge is -2.22. The first-order valence-corrected chi connectivity index (χ1v) is 8.87. The average molecular weight is 275 g/mol. The van der Waals surface area contributed by atoms with Crippen molar-refractivity contribution in [1.29, 1.82) is 0 Å². The van der Waals surface area contributed by atoms with E-state index in [2.05, 4.69) is 4.72 Å². The Hall–Kier alpha value is -0.130. The van der Waals surface area contributed by atoms with Gasteiger partial charge in [-0.1, -0.05) is 25.7 Å². The highest BCUT2D eigenvalue weighted by atomic mass is 32.2. The van der Waals surface area contributed by atoms with Crippen LogP contribution in [0.3, 0.4) is 0 Å². The first-order chi connectivity index (χ1) is 8.57. The molecule has 2 aliphatic carbocycles. The first-order valence-electron chi connectivity index (χ1n) is 7.22. The summed E-state index contributed by atoms with van der Waals surface area (Å²) >= 11 is 0. The standard InChI is InChI=1S/C13H25NO3S/c15-13-8-4-7-12(13)9-14-18(16,17)10-11-5-2-1-3-6-11/h11-15H,1-10H2. The van der Waals surface area contributed by atoms with Crippen molar-refractivity contribution >= 4 is 10.0 Å². The summed E-state index contributed by atoms with van der Waals surface area (Å²) in [7, 11) is -3.15. The van der Waals surface area contributed by atoms with Gasteiger partial charge < -0.3 is 5.11 Å². The number of aliphatic hydroxyl groups is 1. The minimum atomic E-state index is -3.15. The fraction of sp³-hybridized carbons (Fsp3) is 1.00. The molecule has 0 heterocycles. The van der Waals surface area contributed by atoms with Crippen molar-refractivity contribution in [3.63, 3.8) is 0 Å². The highest BCUT2D eigenvalue weighted by Gasteiger charge is 2.27. The summed E-state index contributed by atoms with van der Waals surface area (Å²) in [5.74, 6) is 0.728. The molecule has 0 aromatic rings. The summed E-state index contributed by atoms with van der Waals surface area (Å²) in [6.07, 6.45) is 8.13. The van der Waals surface area contributed by atoms with E-state index in [9.17, 15) is 13.5 Å². The third kappa shape index (κ3) is 4.21. The van der Waals surface area contributed by atoms with E-state index in [1.807, 2.05) is 0 Å². The summed E-state index contributed by atoms with van der Waals surface area (Å²) in [5, 5.41) is 9.67. The minimum absolute atomic E-state index is 0.117. The van der Waals surface area contributed by atoms with Crippen molar-refractivity contribution in [1.82, 2.24) is 4.72 Å². The molecule has 0 spiro atoms. The van der Waals surface area contributed by atoms with Gasteiger partial charge in [-0.15, -0.1) is 0 Å². The molecule has 2 fully saturated rings. The Morgan fingerprint density at radius 2 is 1.72 bits per heavy atom. The zero-order chi connectivity index (χ0) is 13.0. The number of nitrogens with one attached hydrogen (secondary N) is 1. The van der Waals surface area contributed by atoms with E-state index >= 15 is 0 Å². The van der Waals surface area contributed by atoms with Gasteiger partial charge in [0.15, 0.2) is 0 Å². The fourth-order valence-electron chi connectivity index (χ4n) is 3.21. The van der Waals surface area contributed by atoms with Gasteiger partial charge in [0.25, 0.3) is 0 Å². The van der Waals surface area contributed by atoms with Gasteiger partial charge in [-0.2, -0.15) is 0 Å². The topological polar surface area (TPSA) is 66.4 Å². The Morgan fingerprint density at radius 1 is 1.00 bits per heavy atom. The van der Waals surface area contributed by atoms with Crippen molar-refractivity contribution in [2.45, 2.75) is 57.5 Å². The number of aliphatic hydroxyl groups excluding tert-OH is 1. The average Bonchev–Trinajstić information content (AvgIpc) is 2.73. The van der Waals surface area contributed by atoms with Crippen LogP contribution >= 0.6 is 0 Å². The Kier molecular flexibility index (Phi) is 5.04. The summed E-state index contributed by atoms with van der Waals surface area (Å²) in [5.41, 5.74) is 0. The van der Waals surface area contributed by atoms with Crippen molar-refractivity contribution in [2.75, 3.05) is 12.3 Å². The molecule has 2 atom stereocenters.